The van der Waals surface area contributed by atoms with Crippen molar-refractivity contribution in [2.75, 3.05) is 6.79 Å². The highest BCUT2D eigenvalue weighted by Crippen LogP contribution is 2.42. The van der Waals surface area contributed by atoms with Crippen LogP contribution in [0.5, 0.6) is 11.5 Å². The molecule has 1 heterocycles. The van der Waals surface area contributed by atoms with E-state index in [4.69, 9.17) is 49.0 Å². The molecule has 1 aromatic rings. The van der Waals surface area contributed by atoms with E-state index in [-0.39, 0.29) is 11.6 Å². The fourth-order valence-electron chi connectivity index (χ4n) is 1.74. The summed E-state index contributed by atoms with van der Waals surface area (Å²) in [7, 11) is 0. The number of carbonyl (C=O) groups excluding carboxylic acids is 1. The smallest absolute Gasteiger partial charge is 0.359 e. The molecular weight excluding hydrogens is 474 g/mol. The second-order valence-corrected chi connectivity index (χ2v) is 8.81. The minimum atomic E-state index is -2.14. The average molecular weight is 483 g/mol. The lowest BCUT2D eigenvalue weighted by atomic mass is 10.1. The summed E-state index contributed by atoms with van der Waals surface area (Å²) in [5.41, 5.74) is 0.672. The highest BCUT2D eigenvalue weighted by Gasteiger charge is 2.37. The SMILES string of the molecule is CC(Br)C(OC(=O)C(Cl)(Cl)Cl)c1cc2c(cc1Br)OCO2. The molecule has 0 N–H and O–H groups in total. The number of esters is 1. The van der Waals surface area contributed by atoms with Crippen molar-refractivity contribution < 1.29 is 19.0 Å². The van der Waals surface area contributed by atoms with E-state index in [1.165, 1.54) is 0 Å². The summed E-state index contributed by atoms with van der Waals surface area (Å²) in [6, 6.07) is 3.46. The standard InChI is InChI=1S/C12H9Br2Cl3O4/c1-5(13)10(21-11(18)12(15,16)17)6-2-8-9(3-7(6)14)20-4-19-8/h2-3,5,10H,4H2,1H3. The third-order valence-electron chi connectivity index (χ3n) is 2.68. The average Bonchev–Trinajstić information content (AvgIpc) is 2.80. The molecule has 116 valence electrons. The molecule has 1 aliphatic rings. The van der Waals surface area contributed by atoms with Gasteiger partial charge < -0.3 is 14.2 Å². The van der Waals surface area contributed by atoms with Crippen LogP contribution in [-0.4, -0.2) is 21.4 Å². The number of rotatable bonds is 3. The Hall–Kier alpha value is 0.120. The quantitative estimate of drug-likeness (QED) is 0.453. The molecule has 0 fully saturated rings. The van der Waals surface area contributed by atoms with Crippen molar-refractivity contribution in [1.82, 2.24) is 0 Å². The van der Waals surface area contributed by atoms with Gasteiger partial charge in [-0.3, -0.25) is 0 Å². The van der Waals surface area contributed by atoms with Crippen molar-refractivity contribution in [3.05, 3.63) is 22.2 Å². The van der Waals surface area contributed by atoms with Gasteiger partial charge in [-0.15, -0.1) is 0 Å². The van der Waals surface area contributed by atoms with Crippen molar-refractivity contribution in [2.45, 2.75) is 21.6 Å². The number of halogens is 5. The van der Waals surface area contributed by atoms with Crippen LogP contribution >= 0.6 is 66.7 Å². The van der Waals surface area contributed by atoms with Gasteiger partial charge in [0.2, 0.25) is 6.79 Å². The van der Waals surface area contributed by atoms with Crippen molar-refractivity contribution >= 4 is 72.6 Å². The Kier molecular flexibility index (Phi) is 5.58. The van der Waals surface area contributed by atoms with Gasteiger partial charge in [0.15, 0.2) is 11.5 Å². The monoisotopic (exact) mass is 480 g/mol. The maximum atomic E-state index is 11.8. The Bertz CT molecular complexity index is 560. The van der Waals surface area contributed by atoms with Crippen molar-refractivity contribution in [3.63, 3.8) is 0 Å². The lowest BCUT2D eigenvalue weighted by molar-refractivity contribution is -0.148. The van der Waals surface area contributed by atoms with E-state index in [2.05, 4.69) is 31.9 Å². The van der Waals surface area contributed by atoms with E-state index >= 15 is 0 Å². The molecule has 4 nitrogen and oxygen atoms in total. The molecule has 2 rings (SSSR count). The Morgan fingerprint density at radius 1 is 1.33 bits per heavy atom. The minimum absolute atomic E-state index is 0.147. The highest BCUT2D eigenvalue weighted by atomic mass is 79.9. The summed E-state index contributed by atoms with van der Waals surface area (Å²) in [5, 5.41) is 0. The van der Waals surface area contributed by atoms with Crippen molar-refractivity contribution in [2.24, 2.45) is 0 Å². The maximum Gasteiger partial charge on any atom is 0.359 e. The topological polar surface area (TPSA) is 44.8 Å². The molecule has 1 aromatic carbocycles. The van der Waals surface area contributed by atoms with Crippen LogP contribution in [-0.2, 0) is 9.53 Å². The van der Waals surface area contributed by atoms with Gasteiger partial charge in [-0.2, -0.15) is 0 Å². The molecule has 0 saturated heterocycles. The van der Waals surface area contributed by atoms with E-state index in [9.17, 15) is 4.79 Å². The van der Waals surface area contributed by atoms with Crippen LogP contribution in [0.25, 0.3) is 0 Å². The van der Waals surface area contributed by atoms with Gasteiger partial charge in [-0.1, -0.05) is 66.7 Å². The first-order valence-corrected chi connectivity index (χ1v) is 8.55. The summed E-state index contributed by atoms with van der Waals surface area (Å²) in [6.07, 6.45) is -0.669. The summed E-state index contributed by atoms with van der Waals surface area (Å²) in [5.74, 6) is 0.226. The third kappa shape index (κ3) is 4.10. The lowest BCUT2D eigenvalue weighted by Gasteiger charge is -2.24. The van der Waals surface area contributed by atoms with Gasteiger partial charge in [0.1, 0.15) is 6.10 Å². The molecule has 0 amide bonds. The zero-order valence-corrected chi connectivity index (χ0v) is 16.0. The number of hydrogen-bond acceptors (Lipinski definition) is 4. The van der Waals surface area contributed by atoms with E-state index < -0.39 is 15.9 Å². The van der Waals surface area contributed by atoms with Crippen LogP contribution in [0.2, 0.25) is 0 Å². The second kappa shape index (κ2) is 6.71. The number of hydrogen-bond donors (Lipinski definition) is 0. The molecule has 0 aromatic heterocycles. The highest BCUT2D eigenvalue weighted by molar-refractivity contribution is 9.10. The Morgan fingerprint density at radius 2 is 1.90 bits per heavy atom. The predicted molar refractivity (Wildman–Crippen MR) is 87.8 cm³/mol. The van der Waals surface area contributed by atoms with Gasteiger partial charge in [-0.05, 0) is 19.1 Å². The third-order valence-corrected chi connectivity index (χ3v) is 4.31. The summed E-state index contributed by atoms with van der Waals surface area (Å²) >= 11 is 23.4. The van der Waals surface area contributed by atoms with Crippen LogP contribution in [0.15, 0.2) is 16.6 Å². The Balaban J connectivity index is 2.33. The fraction of sp³-hybridized carbons (Fsp3) is 0.417. The van der Waals surface area contributed by atoms with E-state index in [1.54, 1.807) is 12.1 Å². The van der Waals surface area contributed by atoms with E-state index in [0.29, 0.717) is 21.5 Å². The Morgan fingerprint density at radius 3 is 2.43 bits per heavy atom. The van der Waals surface area contributed by atoms with Gasteiger partial charge in [0.05, 0.1) is 4.83 Å². The molecule has 9 heteroatoms. The molecule has 0 radical (unpaired) electrons. The van der Waals surface area contributed by atoms with Gasteiger partial charge in [-0.25, -0.2) is 4.79 Å². The Labute approximate surface area is 153 Å². The van der Waals surface area contributed by atoms with Crippen LogP contribution in [0.4, 0.5) is 0 Å². The van der Waals surface area contributed by atoms with E-state index in [1.807, 2.05) is 6.92 Å². The van der Waals surface area contributed by atoms with E-state index in [0.717, 1.165) is 0 Å². The summed E-state index contributed by atoms with van der Waals surface area (Å²) in [6.45, 7) is 1.96. The van der Waals surface area contributed by atoms with Crippen LogP contribution in [0.3, 0.4) is 0 Å². The molecule has 1 aliphatic heterocycles. The number of ether oxygens (including phenoxy) is 3. The van der Waals surface area contributed by atoms with Crippen molar-refractivity contribution in [1.29, 1.82) is 0 Å². The first-order valence-electron chi connectivity index (χ1n) is 5.71. The van der Waals surface area contributed by atoms with Gasteiger partial charge in [0.25, 0.3) is 3.79 Å². The molecule has 0 aliphatic carbocycles. The maximum absolute atomic E-state index is 11.8. The zero-order chi connectivity index (χ0) is 15.8. The molecule has 2 atom stereocenters. The molecule has 21 heavy (non-hydrogen) atoms. The largest absolute Gasteiger partial charge is 0.454 e. The molecule has 0 saturated carbocycles. The minimum Gasteiger partial charge on any atom is -0.454 e. The molecule has 2 unspecified atom stereocenters. The normalized spacial score (nSPS) is 16.5. The second-order valence-electron chi connectivity index (χ2n) is 4.23. The first-order chi connectivity index (χ1) is 9.70. The van der Waals surface area contributed by atoms with Crippen molar-refractivity contribution in [3.8, 4) is 11.5 Å². The van der Waals surface area contributed by atoms with Gasteiger partial charge >= 0.3 is 5.97 Å². The number of alkyl halides is 4. The molecule has 0 bridgehead atoms. The lowest BCUT2D eigenvalue weighted by Crippen LogP contribution is -2.27. The summed E-state index contributed by atoms with van der Waals surface area (Å²) in [4.78, 5) is 11.6. The zero-order valence-electron chi connectivity index (χ0n) is 10.5. The van der Waals surface area contributed by atoms with Crippen LogP contribution in [0.1, 0.15) is 18.6 Å². The molecule has 0 spiro atoms. The number of carbonyl (C=O) groups is 1. The molecular formula is C12H9Br2Cl3O4. The predicted octanol–water partition coefficient (Wildman–Crippen LogP) is 4.92. The number of benzene rings is 1. The summed E-state index contributed by atoms with van der Waals surface area (Å²) < 4.78 is 14.4. The van der Waals surface area contributed by atoms with Gasteiger partial charge in [0, 0.05) is 10.0 Å². The van der Waals surface area contributed by atoms with Crippen LogP contribution < -0.4 is 9.47 Å². The van der Waals surface area contributed by atoms with Crippen LogP contribution in [0, 0.1) is 0 Å². The number of fused-ring (bicyclic) bond motifs is 1. The first kappa shape index (κ1) is 17.5. The fourth-order valence-corrected chi connectivity index (χ4v) is 2.81.